The van der Waals surface area contributed by atoms with Crippen LogP contribution in [-0.4, -0.2) is 13.1 Å². The lowest BCUT2D eigenvalue weighted by Crippen LogP contribution is -2.23. The van der Waals surface area contributed by atoms with Crippen molar-refractivity contribution in [3.8, 4) is 0 Å². The van der Waals surface area contributed by atoms with E-state index in [9.17, 15) is 0 Å². The van der Waals surface area contributed by atoms with Gasteiger partial charge in [-0.2, -0.15) is 0 Å². The molecule has 1 rings (SSSR count). The second kappa shape index (κ2) is 4.89. The molecule has 0 saturated carbocycles. The van der Waals surface area contributed by atoms with Gasteiger partial charge in [-0.3, -0.25) is 0 Å². The number of nitrogens with two attached hydrogens (primary N) is 1. The van der Waals surface area contributed by atoms with Gasteiger partial charge in [0.05, 0.1) is 16.4 Å². The van der Waals surface area contributed by atoms with Crippen molar-refractivity contribution in [1.29, 1.82) is 0 Å². The number of nitrogen functional groups attached to an aromatic ring is 1. The van der Waals surface area contributed by atoms with E-state index in [1.54, 1.807) is 0 Å². The maximum absolute atomic E-state index is 6.14. The fraction of sp³-hybridized carbons (Fsp3) is 0.400. The highest BCUT2D eigenvalue weighted by atomic mass is 79.9. The minimum atomic E-state index is 0.695. The van der Waals surface area contributed by atoms with Gasteiger partial charge in [-0.1, -0.05) is 27.5 Å². The Morgan fingerprint density at radius 2 is 1.93 bits per heavy atom. The lowest BCUT2D eigenvalue weighted by atomic mass is 10.2. The molecule has 0 amide bonds. The van der Waals surface area contributed by atoms with Gasteiger partial charge in [-0.05, 0) is 26.0 Å². The molecular weight excluding hydrogens is 263 g/mol. The number of anilines is 2. The second-order valence-corrected chi connectivity index (χ2v) is 4.32. The molecule has 4 heteroatoms. The Labute approximate surface area is 98.2 Å². The molecule has 0 heterocycles. The van der Waals surface area contributed by atoms with E-state index in [1.165, 1.54) is 0 Å². The van der Waals surface area contributed by atoms with Crippen molar-refractivity contribution in [3.05, 3.63) is 21.6 Å². The van der Waals surface area contributed by atoms with Crippen molar-refractivity contribution >= 4 is 38.9 Å². The van der Waals surface area contributed by atoms with Crippen LogP contribution >= 0.6 is 27.5 Å². The molecule has 2 N–H and O–H groups in total. The van der Waals surface area contributed by atoms with E-state index in [-0.39, 0.29) is 0 Å². The zero-order valence-corrected chi connectivity index (χ0v) is 10.7. The molecule has 0 aliphatic carbocycles. The Morgan fingerprint density at radius 3 is 2.36 bits per heavy atom. The number of rotatable bonds is 3. The summed E-state index contributed by atoms with van der Waals surface area (Å²) in [6, 6.07) is 3.74. The van der Waals surface area contributed by atoms with E-state index in [0.29, 0.717) is 10.7 Å². The zero-order chi connectivity index (χ0) is 10.7. The summed E-state index contributed by atoms with van der Waals surface area (Å²) in [4.78, 5) is 2.14. The Balaban J connectivity index is 3.19. The normalized spacial score (nSPS) is 10.3. The highest BCUT2D eigenvalue weighted by Crippen LogP contribution is 2.34. The number of benzene rings is 1. The van der Waals surface area contributed by atoms with Crippen LogP contribution in [0.1, 0.15) is 13.8 Å². The Kier molecular flexibility index (Phi) is 4.08. The van der Waals surface area contributed by atoms with E-state index in [2.05, 4.69) is 34.7 Å². The molecule has 14 heavy (non-hydrogen) atoms. The van der Waals surface area contributed by atoms with Crippen LogP contribution in [0.4, 0.5) is 11.4 Å². The van der Waals surface area contributed by atoms with Crippen LogP contribution in [0.3, 0.4) is 0 Å². The maximum atomic E-state index is 6.14. The van der Waals surface area contributed by atoms with Gasteiger partial charge >= 0.3 is 0 Å². The van der Waals surface area contributed by atoms with Gasteiger partial charge in [-0.25, -0.2) is 0 Å². The van der Waals surface area contributed by atoms with Crippen molar-refractivity contribution in [2.45, 2.75) is 13.8 Å². The summed E-state index contributed by atoms with van der Waals surface area (Å²) in [5.74, 6) is 0. The average molecular weight is 278 g/mol. The standard InChI is InChI=1S/C10H14BrClN2/c1-3-14(4-2)10-8(12)5-7(11)6-9(10)13/h5-6H,3-4,13H2,1-2H3. The first-order chi connectivity index (χ1) is 6.60. The van der Waals surface area contributed by atoms with E-state index in [4.69, 9.17) is 17.3 Å². The van der Waals surface area contributed by atoms with E-state index >= 15 is 0 Å². The summed E-state index contributed by atoms with van der Waals surface area (Å²) in [6.07, 6.45) is 0. The Bertz CT molecular complexity index is 301. The molecule has 78 valence electrons. The lowest BCUT2D eigenvalue weighted by molar-refractivity contribution is 0.868. The van der Waals surface area contributed by atoms with Crippen molar-refractivity contribution in [2.24, 2.45) is 0 Å². The molecule has 0 unspecified atom stereocenters. The molecule has 0 bridgehead atoms. The third-order valence-electron chi connectivity index (χ3n) is 2.14. The van der Waals surface area contributed by atoms with Crippen LogP contribution in [0, 0.1) is 0 Å². The molecule has 0 aliphatic heterocycles. The summed E-state index contributed by atoms with van der Waals surface area (Å²) in [7, 11) is 0. The molecule has 0 fully saturated rings. The van der Waals surface area contributed by atoms with Gasteiger partial charge in [-0.15, -0.1) is 0 Å². The first-order valence-corrected chi connectivity index (χ1v) is 5.76. The minimum Gasteiger partial charge on any atom is -0.397 e. The summed E-state index contributed by atoms with van der Waals surface area (Å²) in [6.45, 7) is 5.98. The van der Waals surface area contributed by atoms with Crippen molar-refractivity contribution < 1.29 is 0 Å². The van der Waals surface area contributed by atoms with E-state index in [1.807, 2.05) is 12.1 Å². The molecule has 0 aromatic heterocycles. The van der Waals surface area contributed by atoms with E-state index < -0.39 is 0 Å². The van der Waals surface area contributed by atoms with Crippen LogP contribution in [0.5, 0.6) is 0 Å². The van der Waals surface area contributed by atoms with Gasteiger partial charge in [0, 0.05) is 17.6 Å². The summed E-state index contributed by atoms with van der Waals surface area (Å²) in [5, 5.41) is 0.695. The molecule has 0 saturated heterocycles. The fourth-order valence-electron chi connectivity index (χ4n) is 1.46. The Hall–Kier alpha value is -0.410. The highest BCUT2D eigenvalue weighted by Gasteiger charge is 2.11. The van der Waals surface area contributed by atoms with Crippen LogP contribution < -0.4 is 10.6 Å². The molecular formula is C10H14BrClN2. The number of nitrogens with zero attached hydrogens (tertiary/aromatic N) is 1. The summed E-state index contributed by atoms with van der Waals surface area (Å²) < 4.78 is 0.913. The minimum absolute atomic E-state index is 0.695. The van der Waals surface area contributed by atoms with Gasteiger partial charge in [0.2, 0.25) is 0 Å². The molecule has 1 aromatic rings. The average Bonchev–Trinajstić information content (AvgIpc) is 2.10. The van der Waals surface area contributed by atoms with Crippen LogP contribution in [0.2, 0.25) is 5.02 Å². The summed E-state index contributed by atoms with van der Waals surface area (Å²) in [5.41, 5.74) is 7.56. The Morgan fingerprint density at radius 1 is 1.36 bits per heavy atom. The monoisotopic (exact) mass is 276 g/mol. The largest absolute Gasteiger partial charge is 0.397 e. The van der Waals surface area contributed by atoms with Crippen molar-refractivity contribution in [1.82, 2.24) is 0 Å². The maximum Gasteiger partial charge on any atom is 0.0789 e. The summed E-state index contributed by atoms with van der Waals surface area (Å²) >= 11 is 9.49. The smallest absolute Gasteiger partial charge is 0.0789 e. The molecule has 2 nitrogen and oxygen atoms in total. The number of hydrogen-bond acceptors (Lipinski definition) is 2. The quantitative estimate of drug-likeness (QED) is 0.857. The molecule has 0 atom stereocenters. The molecule has 0 spiro atoms. The first-order valence-electron chi connectivity index (χ1n) is 4.59. The number of halogens is 2. The predicted octanol–water partition coefficient (Wildman–Crippen LogP) is 3.53. The van der Waals surface area contributed by atoms with Crippen molar-refractivity contribution in [3.63, 3.8) is 0 Å². The van der Waals surface area contributed by atoms with Crippen LogP contribution in [-0.2, 0) is 0 Å². The lowest BCUT2D eigenvalue weighted by Gasteiger charge is -2.24. The van der Waals surface area contributed by atoms with Gasteiger partial charge in [0.15, 0.2) is 0 Å². The SMILES string of the molecule is CCN(CC)c1c(N)cc(Br)cc1Cl. The van der Waals surface area contributed by atoms with Crippen molar-refractivity contribution in [2.75, 3.05) is 23.7 Å². The van der Waals surface area contributed by atoms with Crippen LogP contribution in [0.15, 0.2) is 16.6 Å². The zero-order valence-electron chi connectivity index (χ0n) is 8.35. The van der Waals surface area contributed by atoms with Gasteiger partial charge < -0.3 is 10.6 Å². The first kappa shape index (κ1) is 11.7. The molecule has 1 aromatic carbocycles. The van der Waals surface area contributed by atoms with Gasteiger partial charge in [0.1, 0.15) is 0 Å². The highest BCUT2D eigenvalue weighted by molar-refractivity contribution is 9.10. The molecule has 0 aliphatic rings. The van der Waals surface area contributed by atoms with Crippen LogP contribution in [0.25, 0.3) is 0 Å². The third-order valence-corrected chi connectivity index (χ3v) is 2.88. The topological polar surface area (TPSA) is 29.3 Å². The fourth-order valence-corrected chi connectivity index (χ4v) is 2.41. The third kappa shape index (κ3) is 2.34. The number of hydrogen-bond donors (Lipinski definition) is 1. The molecule has 0 radical (unpaired) electrons. The predicted molar refractivity (Wildman–Crippen MR) is 67.1 cm³/mol. The second-order valence-electron chi connectivity index (χ2n) is 3.00. The van der Waals surface area contributed by atoms with Gasteiger partial charge in [0.25, 0.3) is 0 Å². The van der Waals surface area contributed by atoms with E-state index in [0.717, 1.165) is 23.2 Å².